The fourth-order valence-electron chi connectivity index (χ4n) is 2.95. The van der Waals surface area contributed by atoms with Crippen LogP contribution in [0.4, 0.5) is 8.78 Å². The zero-order chi connectivity index (χ0) is 14.8. The van der Waals surface area contributed by atoms with E-state index in [4.69, 9.17) is 4.74 Å². The Morgan fingerprint density at radius 2 is 1.90 bits per heavy atom. The van der Waals surface area contributed by atoms with Crippen LogP contribution in [-0.4, -0.2) is 43.8 Å². The number of nitrogens with one attached hydrogen (secondary N) is 1. The summed E-state index contributed by atoms with van der Waals surface area (Å²) in [6, 6.07) is 3.31. The van der Waals surface area contributed by atoms with Crippen molar-refractivity contribution in [3.63, 3.8) is 0 Å². The smallest absolute Gasteiger partial charge is 0.128 e. The van der Waals surface area contributed by atoms with E-state index in [0.717, 1.165) is 19.2 Å². The summed E-state index contributed by atoms with van der Waals surface area (Å²) in [6.07, 6.45) is 0. The van der Waals surface area contributed by atoms with Crippen molar-refractivity contribution < 1.29 is 13.5 Å². The highest BCUT2D eigenvalue weighted by atomic mass is 19.1. The van der Waals surface area contributed by atoms with Gasteiger partial charge in [-0.05, 0) is 39.1 Å². The average molecular weight is 284 g/mol. The highest BCUT2D eigenvalue weighted by Crippen LogP contribution is 2.33. The largest absolute Gasteiger partial charge is 0.379 e. The average Bonchev–Trinajstić information content (AvgIpc) is 2.44. The van der Waals surface area contributed by atoms with E-state index in [9.17, 15) is 8.78 Å². The molecule has 1 aliphatic rings. The summed E-state index contributed by atoms with van der Waals surface area (Å²) in [5.41, 5.74) is 0.0247. The van der Waals surface area contributed by atoms with Gasteiger partial charge in [0.2, 0.25) is 0 Å². The van der Waals surface area contributed by atoms with Crippen molar-refractivity contribution in [3.05, 3.63) is 35.4 Å². The minimum atomic E-state index is -0.417. The number of hydrogen-bond acceptors (Lipinski definition) is 3. The van der Waals surface area contributed by atoms with Gasteiger partial charge in [-0.15, -0.1) is 0 Å². The van der Waals surface area contributed by atoms with Gasteiger partial charge in [0.05, 0.1) is 19.3 Å². The molecule has 1 heterocycles. The molecule has 0 radical (unpaired) electrons. The minimum absolute atomic E-state index is 0.295. The summed E-state index contributed by atoms with van der Waals surface area (Å²) in [6.45, 7) is 7.02. The van der Waals surface area contributed by atoms with Crippen molar-refractivity contribution in [2.75, 3.05) is 33.4 Å². The molecule has 5 heteroatoms. The number of morpholine rings is 1. The molecule has 1 saturated heterocycles. The topological polar surface area (TPSA) is 24.5 Å². The molecule has 2 rings (SSSR count). The Kier molecular flexibility index (Phi) is 4.73. The molecule has 0 saturated carbocycles. The number of likely N-dealkylation sites (N-methyl/N-ethyl adjacent to an activating group) is 1. The quantitative estimate of drug-likeness (QED) is 0.918. The van der Waals surface area contributed by atoms with E-state index < -0.39 is 5.82 Å². The van der Waals surface area contributed by atoms with Crippen LogP contribution < -0.4 is 5.32 Å². The van der Waals surface area contributed by atoms with Crippen LogP contribution in [-0.2, 0) is 4.74 Å². The van der Waals surface area contributed by atoms with E-state index >= 15 is 0 Å². The first-order valence-corrected chi connectivity index (χ1v) is 6.92. The van der Waals surface area contributed by atoms with E-state index in [1.54, 1.807) is 7.05 Å². The maximum Gasteiger partial charge on any atom is 0.128 e. The summed E-state index contributed by atoms with van der Waals surface area (Å²) < 4.78 is 32.9. The number of hydrogen-bond donors (Lipinski definition) is 1. The van der Waals surface area contributed by atoms with Crippen LogP contribution in [0.3, 0.4) is 0 Å². The third-order valence-electron chi connectivity index (χ3n) is 4.09. The van der Waals surface area contributed by atoms with E-state index in [0.29, 0.717) is 18.8 Å². The van der Waals surface area contributed by atoms with Gasteiger partial charge in [-0.1, -0.05) is 0 Å². The fraction of sp³-hybridized carbons (Fsp3) is 0.600. The van der Waals surface area contributed by atoms with Crippen molar-refractivity contribution in [2.24, 2.45) is 0 Å². The van der Waals surface area contributed by atoms with Crippen molar-refractivity contribution in [1.82, 2.24) is 10.2 Å². The molecule has 0 aliphatic carbocycles. The predicted molar refractivity (Wildman–Crippen MR) is 74.6 cm³/mol. The highest BCUT2D eigenvalue weighted by molar-refractivity contribution is 5.25. The molecule has 0 aromatic heterocycles. The van der Waals surface area contributed by atoms with Gasteiger partial charge in [0.1, 0.15) is 11.6 Å². The normalized spacial score (nSPS) is 19.1. The Morgan fingerprint density at radius 3 is 2.50 bits per heavy atom. The standard InChI is InChI=1S/C15H22F2N2O/c1-15(2,19-6-8-20-9-7-19)14(18-3)12-10-11(16)4-5-13(12)17/h4-5,10,14,18H,6-9H2,1-3H3. The van der Waals surface area contributed by atoms with Gasteiger partial charge in [0.15, 0.2) is 0 Å². The monoisotopic (exact) mass is 284 g/mol. The maximum absolute atomic E-state index is 14.1. The molecule has 0 amide bonds. The van der Waals surface area contributed by atoms with Crippen molar-refractivity contribution >= 4 is 0 Å². The first-order chi connectivity index (χ1) is 9.46. The molecule has 0 spiro atoms. The first kappa shape index (κ1) is 15.4. The minimum Gasteiger partial charge on any atom is -0.379 e. The fourth-order valence-corrected chi connectivity index (χ4v) is 2.95. The van der Waals surface area contributed by atoms with Crippen LogP contribution in [0.2, 0.25) is 0 Å². The Balaban J connectivity index is 2.32. The molecule has 1 atom stereocenters. The maximum atomic E-state index is 14.1. The second-order valence-electron chi connectivity index (χ2n) is 5.64. The van der Waals surface area contributed by atoms with E-state index in [1.165, 1.54) is 12.1 Å². The Hall–Kier alpha value is -1.04. The Morgan fingerprint density at radius 1 is 1.25 bits per heavy atom. The summed E-state index contributed by atoms with van der Waals surface area (Å²) in [7, 11) is 1.78. The lowest BCUT2D eigenvalue weighted by Crippen LogP contribution is -2.55. The first-order valence-electron chi connectivity index (χ1n) is 6.92. The van der Waals surface area contributed by atoms with Gasteiger partial charge in [0.25, 0.3) is 0 Å². The van der Waals surface area contributed by atoms with E-state index in [-0.39, 0.29) is 17.4 Å². The number of halogens is 2. The van der Waals surface area contributed by atoms with Crippen molar-refractivity contribution in [2.45, 2.75) is 25.4 Å². The van der Waals surface area contributed by atoms with Crippen LogP contribution in [0, 0.1) is 11.6 Å². The predicted octanol–water partition coefficient (Wildman–Crippen LogP) is 2.34. The zero-order valence-electron chi connectivity index (χ0n) is 12.2. The third kappa shape index (κ3) is 3.00. The van der Waals surface area contributed by atoms with Gasteiger partial charge in [-0.3, -0.25) is 4.90 Å². The van der Waals surface area contributed by atoms with Crippen LogP contribution in [0.25, 0.3) is 0 Å². The molecule has 3 nitrogen and oxygen atoms in total. The second-order valence-corrected chi connectivity index (χ2v) is 5.64. The number of ether oxygens (including phenoxy) is 1. The molecular formula is C15H22F2N2O. The Bertz CT molecular complexity index is 459. The van der Waals surface area contributed by atoms with Gasteiger partial charge in [-0.2, -0.15) is 0 Å². The molecule has 1 aromatic carbocycles. The van der Waals surface area contributed by atoms with Gasteiger partial charge in [0, 0.05) is 24.2 Å². The molecular weight excluding hydrogens is 262 g/mol. The number of benzene rings is 1. The lowest BCUT2D eigenvalue weighted by atomic mass is 9.86. The number of nitrogens with zero attached hydrogens (tertiary/aromatic N) is 1. The lowest BCUT2D eigenvalue weighted by molar-refractivity contribution is -0.0233. The highest BCUT2D eigenvalue weighted by Gasteiger charge is 2.37. The SMILES string of the molecule is CNC(c1cc(F)ccc1F)C(C)(C)N1CCOCC1. The zero-order valence-corrected chi connectivity index (χ0v) is 12.2. The van der Waals surface area contributed by atoms with Crippen LogP contribution in [0.5, 0.6) is 0 Å². The van der Waals surface area contributed by atoms with Gasteiger partial charge < -0.3 is 10.1 Å². The second kappa shape index (κ2) is 6.16. The van der Waals surface area contributed by atoms with E-state index in [1.807, 2.05) is 13.8 Å². The van der Waals surface area contributed by atoms with Crippen molar-refractivity contribution in [1.29, 1.82) is 0 Å². The van der Waals surface area contributed by atoms with Crippen LogP contribution in [0.1, 0.15) is 25.5 Å². The summed E-state index contributed by atoms with van der Waals surface area (Å²) in [5, 5.41) is 3.13. The van der Waals surface area contributed by atoms with Gasteiger partial charge in [-0.25, -0.2) is 8.78 Å². The molecule has 1 fully saturated rings. The molecule has 112 valence electrons. The molecule has 1 aromatic rings. The van der Waals surface area contributed by atoms with E-state index in [2.05, 4.69) is 10.2 Å². The van der Waals surface area contributed by atoms with Crippen molar-refractivity contribution in [3.8, 4) is 0 Å². The molecule has 1 aliphatic heterocycles. The molecule has 0 bridgehead atoms. The van der Waals surface area contributed by atoms with Gasteiger partial charge >= 0.3 is 0 Å². The molecule has 1 unspecified atom stereocenters. The Labute approximate surface area is 118 Å². The summed E-state index contributed by atoms with van der Waals surface area (Å²) in [4.78, 5) is 2.25. The lowest BCUT2D eigenvalue weighted by Gasteiger charge is -2.46. The number of rotatable bonds is 4. The summed E-state index contributed by atoms with van der Waals surface area (Å²) >= 11 is 0. The van der Waals surface area contributed by atoms with Crippen LogP contribution in [0.15, 0.2) is 18.2 Å². The molecule has 20 heavy (non-hydrogen) atoms. The molecule has 1 N–H and O–H groups in total. The summed E-state index contributed by atoms with van der Waals surface area (Å²) in [5.74, 6) is -0.800. The van der Waals surface area contributed by atoms with Crippen LogP contribution >= 0.6 is 0 Å². The third-order valence-corrected chi connectivity index (χ3v) is 4.09.